The molecule has 0 unspecified atom stereocenters. The van der Waals surface area contributed by atoms with E-state index in [1.54, 1.807) is 0 Å². The maximum atomic E-state index is 12.4. The molecule has 41 heavy (non-hydrogen) atoms. The standard InChI is InChI=1S/C32H56N2O5Si2/c1-30(2,3)37-29(35)34-20-18-23(19-21-34)14-16-26-24-15-17-27(39-41(12,13)32(7,8)9)25(28(24)38-33-26)22-36-40(10,11)31(4,5)6/h15,17,23H,14,16,18-22H2,1-13H3. The van der Waals surface area contributed by atoms with E-state index in [0.717, 1.165) is 66.7 Å². The Morgan fingerprint density at radius 1 is 0.951 bits per heavy atom. The van der Waals surface area contributed by atoms with E-state index in [-0.39, 0.29) is 16.2 Å². The van der Waals surface area contributed by atoms with E-state index in [0.29, 0.717) is 12.5 Å². The summed E-state index contributed by atoms with van der Waals surface area (Å²) in [5, 5.41) is 5.78. The van der Waals surface area contributed by atoms with Gasteiger partial charge in [-0.3, -0.25) is 0 Å². The third-order valence-corrected chi connectivity index (χ3v) is 18.2. The van der Waals surface area contributed by atoms with Gasteiger partial charge in [-0.2, -0.15) is 0 Å². The highest BCUT2D eigenvalue weighted by Crippen LogP contribution is 2.42. The highest BCUT2D eigenvalue weighted by Gasteiger charge is 2.41. The van der Waals surface area contributed by atoms with Crippen molar-refractivity contribution in [3.63, 3.8) is 0 Å². The Morgan fingerprint density at radius 2 is 1.54 bits per heavy atom. The first-order valence-electron chi connectivity index (χ1n) is 15.3. The molecule has 2 heterocycles. The zero-order valence-electron chi connectivity index (χ0n) is 28.1. The summed E-state index contributed by atoms with van der Waals surface area (Å²) in [5.41, 5.74) is 2.28. The SMILES string of the molecule is CC(C)(C)OC(=O)N1CCC(CCc2noc3c(CO[Si](C)(C)C(C)(C)C)c(O[Si](C)(C)C(C)(C)C)ccc23)CC1. The van der Waals surface area contributed by atoms with Crippen molar-refractivity contribution in [3.05, 3.63) is 23.4 Å². The molecule has 7 nitrogen and oxygen atoms in total. The smallest absolute Gasteiger partial charge is 0.410 e. The second-order valence-electron chi connectivity index (χ2n) is 15.9. The minimum atomic E-state index is -2.08. The fraction of sp³-hybridized carbons (Fsp3) is 0.750. The third kappa shape index (κ3) is 8.38. The van der Waals surface area contributed by atoms with Crippen LogP contribution in [0.5, 0.6) is 5.75 Å². The average molecular weight is 605 g/mol. The number of aromatic nitrogens is 1. The number of piperidine rings is 1. The van der Waals surface area contributed by atoms with Crippen molar-refractivity contribution in [3.8, 4) is 5.75 Å². The summed E-state index contributed by atoms with van der Waals surface area (Å²) in [6.45, 7) is 30.3. The van der Waals surface area contributed by atoms with E-state index in [9.17, 15) is 4.79 Å². The molecule has 0 N–H and O–H groups in total. The zero-order valence-corrected chi connectivity index (χ0v) is 30.1. The topological polar surface area (TPSA) is 74.0 Å². The lowest BCUT2D eigenvalue weighted by atomic mass is 9.91. The molecule has 1 aromatic heterocycles. The van der Waals surface area contributed by atoms with Gasteiger partial charge in [0, 0.05) is 18.5 Å². The molecule has 0 atom stereocenters. The van der Waals surface area contributed by atoms with Crippen LogP contribution in [0.2, 0.25) is 36.3 Å². The molecule has 2 aromatic rings. The summed E-state index contributed by atoms with van der Waals surface area (Å²) < 4.78 is 25.1. The monoisotopic (exact) mass is 604 g/mol. The Hall–Kier alpha value is -1.85. The van der Waals surface area contributed by atoms with Crippen LogP contribution >= 0.6 is 0 Å². The first kappa shape index (κ1) is 33.7. The van der Waals surface area contributed by atoms with E-state index in [2.05, 4.69) is 85.0 Å². The molecule has 0 radical (unpaired) electrons. The molecule has 1 aliphatic rings. The van der Waals surface area contributed by atoms with Gasteiger partial charge in [-0.1, -0.05) is 46.7 Å². The maximum Gasteiger partial charge on any atom is 0.410 e. The fourth-order valence-corrected chi connectivity index (χ4v) is 6.46. The highest BCUT2D eigenvalue weighted by atomic mass is 28.4. The summed E-state index contributed by atoms with van der Waals surface area (Å²) in [4.78, 5) is 14.3. The molecular formula is C32H56N2O5Si2. The van der Waals surface area contributed by atoms with Gasteiger partial charge >= 0.3 is 6.09 Å². The summed E-state index contributed by atoms with van der Waals surface area (Å²) in [6.07, 6.45) is 3.61. The minimum absolute atomic E-state index is 0.0746. The number of benzene rings is 1. The largest absolute Gasteiger partial charge is 0.543 e. The number of amides is 1. The highest BCUT2D eigenvalue weighted by molar-refractivity contribution is 6.75. The van der Waals surface area contributed by atoms with Crippen LogP contribution in [-0.2, 0) is 22.2 Å². The maximum absolute atomic E-state index is 12.4. The van der Waals surface area contributed by atoms with Gasteiger partial charge in [-0.25, -0.2) is 4.79 Å². The van der Waals surface area contributed by atoms with Crippen LogP contribution < -0.4 is 4.43 Å². The molecule has 0 bridgehead atoms. The normalized spacial score (nSPS) is 16.4. The van der Waals surface area contributed by atoms with Gasteiger partial charge in [-0.05, 0) is 101 Å². The van der Waals surface area contributed by atoms with E-state index >= 15 is 0 Å². The summed E-state index contributed by atoms with van der Waals surface area (Å²) >= 11 is 0. The number of hydrogen-bond acceptors (Lipinski definition) is 6. The molecule has 1 amide bonds. The molecule has 1 saturated heterocycles. The predicted molar refractivity (Wildman–Crippen MR) is 173 cm³/mol. The number of nitrogens with zero attached hydrogens (tertiary/aromatic N) is 2. The lowest BCUT2D eigenvalue weighted by Crippen LogP contribution is -2.44. The van der Waals surface area contributed by atoms with Crippen molar-refractivity contribution in [1.29, 1.82) is 0 Å². The van der Waals surface area contributed by atoms with Gasteiger partial charge in [-0.15, -0.1) is 0 Å². The van der Waals surface area contributed by atoms with Gasteiger partial charge in [0.1, 0.15) is 11.4 Å². The van der Waals surface area contributed by atoms with Crippen LogP contribution in [0.15, 0.2) is 16.7 Å². The van der Waals surface area contributed by atoms with Gasteiger partial charge in [0.2, 0.25) is 8.32 Å². The number of carbonyl (C=O) groups is 1. The number of likely N-dealkylation sites (tertiary alicyclic amines) is 1. The average Bonchev–Trinajstić information content (AvgIpc) is 3.22. The lowest BCUT2D eigenvalue weighted by molar-refractivity contribution is 0.0181. The van der Waals surface area contributed by atoms with Crippen molar-refractivity contribution in [2.24, 2.45) is 5.92 Å². The van der Waals surface area contributed by atoms with Crippen molar-refractivity contribution in [2.45, 2.75) is 136 Å². The van der Waals surface area contributed by atoms with Crippen molar-refractivity contribution in [1.82, 2.24) is 10.1 Å². The first-order chi connectivity index (χ1) is 18.6. The van der Waals surface area contributed by atoms with E-state index in [1.165, 1.54) is 0 Å². The lowest BCUT2D eigenvalue weighted by Gasteiger charge is -2.38. The number of hydrogen-bond donors (Lipinski definition) is 0. The third-order valence-electron chi connectivity index (χ3n) is 9.39. The van der Waals surface area contributed by atoms with Crippen LogP contribution in [0.1, 0.15) is 92.8 Å². The molecule has 1 fully saturated rings. The van der Waals surface area contributed by atoms with E-state index in [1.807, 2.05) is 25.7 Å². The second-order valence-corrected chi connectivity index (χ2v) is 25.4. The minimum Gasteiger partial charge on any atom is -0.543 e. The Kier molecular flexibility index (Phi) is 9.88. The van der Waals surface area contributed by atoms with Crippen molar-refractivity contribution >= 4 is 33.7 Å². The van der Waals surface area contributed by atoms with Crippen molar-refractivity contribution in [2.75, 3.05) is 13.1 Å². The van der Waals surface area contributed by atoms with Gasteiger partial charge < -0.3 is 23.0 Å². The number of fused-ring (bicyclic) bond motifs is 1. The van der Waals surface area contributed by atoms with Crippen LogP contribution in [0.4, 0.5) is 4.79 Å². The Bertz CT molecular complexity index is 1190. The zero-order chi connectivity index (χ0) is 31.0. The Balaban J connectivity index is 1.79. The number of aryl methyl sites for hydroxylation is 1. The number of carbonyl (C=O) groups excluding carboxylic acids is 1. The van der Waals surface area contributed by atoms with Gasteiger partial charge in [0.15, 0.2) is 13.9 Å². The summed E-state index contributed by atoms with van der Waals surface area (Å²) in [6, 6.07) is 4.22. The fourth-order valence-electron chi connectivity index (χ4n) is 4.47. The van der Waals surface area contributed by atoms with Crippen LogP contribution in [-0.4, -0.2) is 51.5 Å². The van der Waals surface area contributed by atoms with Gasteiger partial charge in [0.25, 0.3) is 0 Å². The molecule has 0 spiro atoms. The molecule has 0 aliphatic carbocycles. The molecule has 3 rings (SSSR count). The molecule has 9 heteroatoms. The number of rotatable bonds is 8. The molecule has 232 valence electrons. The van der Waals surface area contributed by atoms with Gasteiger partial charge in [0.05, 0.1) is 17.9 Å². The second kappa shape index (κ2) is 12.0. The molecular weight excluding hydrogens is 549 g/mol. The number of ether oxygens (including phenoxy) is 1. The van der Waals surface area contributed by atoms with Crippen LogP contribution in [0.3, 0.4) is 0 Å². The molecule has 1 aliphatic heterocycles. The Labute approximate surface area is 250 Å². The van der Waals surface area contributed by atoms with Crippen LogP contribution in [0.25, 0.3) is 11.0 Å². The molecule has 1 aromatic carbocycles. The Morgan fingerprint density at radius 3 is 2.07 bits per heavy atom. The van der Waals surface area contributed by atoms with Crippen molar-refractivity contribution < 1.29 is 22.9 Å². The summed E-state index contributed by atoms with van der Waals surface area (Å²) in [5.74, 6) is 1.41. The van der Waals surface area contributed by atoms with Crippen LogP contribution in [0, 0.1) is 5.92 Å². The molecule has 0 saturated carbocycles. The first-order valence-corrected chi connectivity index (χ1v) is 21.1. The van der Waals surface area contributed by atoms with E-state index < -0.39 is 22.2 Å². The quantitative estimate of drug-likeness (QED) is 0.280. The predicted octanol–water partition coefficient (Wildman–Crippen LogP) is 9.31. The summed E-state index contributed by atoms with van der Waals surface area (Å²) in [7, 11) is -4.07. The van der Waals surface area contributed by atoms with E-state index in [4.69, 9.17) is 18.1 Å².